The van der Waals surface area contributed by atoms with Crippen LogP contribution in [0.2, 0.25) is 0 Å². The van der Waals surface area contributed by atoms with Crippen molar-refractivity contribution in [1.29, 1.82) is 0 Å². The molecule has 1 N–H and O–H groups in total. The van der Waals surface area contributed by atoms with Crippen molar-refractivity contribution in [3.05, 3.63) is 36.4 Å². The number of nitrogens with one attached hydrogen (secondary N) is 1. The smallest absolute Gasteiger partial charge is 0.164 e. The van der Waals surface area contributed by atoms with E-state index >= 15 is 0 Å². The summed E-state index contributed by atoms with van der Waals surface area (Å²) in [5.74, 6) is 0.688. The van der Waals surface area contributed by atoms with Gasteiger partial charge in [0.05, 0.1) is 24.6 Å². The van der Waals surface area contributed by atoms with E-state index in [0.29, 0.717) is 17.5 Å². The van der Waals surface area contributed by atoms with Gasteiger partial charge in [-0.25, -0.2) is 4.39 Å². The first kappa shape index (κ1) is 19.8. The van der Waals surface area contributed by atoms with Crippen molar-refractivity contribution in [3.63, 3.8) is 0 Å². The lowest BCUT2D eigenvalue weighted by atomic mass is 9.46. The van der Waals surface area contributed by atoms with E-state index in [9.17, 15) is 4.39 Å². The minimum Gasteiger partial charge on any atom is -0.383 e. The number of rotatable bonds is 4. The summed E-state index contributed by atoms with van der Waals surface area (Å²) in [7, 11) is 0. The molecular formula is C23H33FN2O2. The van der Waals surface area contributed by atoms with Crippen LogP contribution in [0.4, 0.5) is 10.1 Å². The molecule has 2 saturated carbocycles. The monoisotopic (exact) mass is 388 g/mol. The van der Waals surface area contributed by atoms with Crippen molar-refractivity contribution >= 4 is 5.69 Å². The summed E-state index contributed by atoms with van der Waals surface area (Å²) in [6, 6.07) is 1.69. The van der Waals surface area contributed by atoms with Gasteiger partial charge in [0.25, 0.3) is 0 Å². The maximum atomic E-state index is 13.9. The van der Waals surface area contributed by atoms with Gasteiger partial charge in [0, 0.05) is 18.2 Å². The second-order valence-corrected chi connectivity index (χ2v) is 9.43. The van der Waals surface area contributed by atoms with Gasteiger partial charge >= 0.3 is 0 Å². The summed E-state index contributed by atoms with van der Waals surface area (Å²) < 4.78 is 26.0. The predicted molar refractivity (Wildman–Crippen MR) is 108 cm³/mol. The van der Waals surface area contributed by atoms with E-state index in [4.69, 9.17) is 9.47 Å². The number of fused-ring (bicyclic) bond motifs is 3. The average Bonchev–Trinajstić information content (AvgIpc) is 2.66. The number of aromatic nitrogens is 1. The normalized spacial score (nSPS) is 40.5. The Labute approximate surface area is 167 Å². The molecule has 4 nitrogen and oxygen atoms in total. The van der Waals surface area contributed by atoms with Crippen molar-refractivity contribution in [2.24, 2.45) is 22.7 Å². The van der Waals surface area contributed by atoms with Gasteiger partial charge in [-0.1, -0.05) is 26.0 Å². The summed E-state index contributed by atoms with van der Waals surface area (Å²) in [6.07, 6.45) is 8.47. The number of nitrogens with zero attached hydrogens (tertiary/aromatic N) is 1. The first-order valence-corrected chi connectivity index (χ1v) is 10.6. The standard InChI is InChI=1S/C23H33FN2O2/c1-15-5-6-20-22(3,10-7-21-23(20,4)14-27-16(2)28-21)17(15)8-12-26-19-9-11-25-13-18(19)24/h9,11,13,16-17,20-21H,1,5-8,10,12,14H2,2-4H3,(H,25,26)/t16-,17-,20?,21-,22+,23+/m1/s1. The highest BCUT2D eigenvalue weighted by atomic mass is 19.1. The highest BCUT2D eigenvalue weighted by Crippen LogP contribution is 2.63. The van der Waals surface area contributed by atoms with Gasteiger partial charge in [0.1, 0.15) is 0 Å². The molecular weight excluding hydrogens is 355 g/mol. The third-order valence-corrected chi connectivity index (χ3v) is 7.82. The lowest BCUT2D eigenvalue weighted by molar-refractivity contribution is -0.297. The van der Waals surface area contributed by atoms with Crippen LogP contribution in [0, 0.1) is 28.5 Å². The summed E-state index contributed by atoms with van der Waals surface area (Å²) in [5, 5.41) is 3.26. The molecule has 1 aliphatic heterocycles. The van der Waals surface area contributed by atoms with Crippen LogP contribution >= 0.6 is 0 Å². The Hall–Kier alpha value is -1.46. The summed E-state index contributed by atoms with van der Waals surface area (Å²) in [6.45, 7) is 12.8. The average molecular weight is 389 g/mol. The van der Waals surface area contributed by atoms with Crippen LogP contribution in [-0.4, -0.2) is 30.5 Å². The van der Waals surface area contributed by atoms with Crippen LogP contribution in [0.15, 0.2) is 30.6 Å². The van der Waals surface area contributed by atoms with Crippen LogP contribution in [-0.2, 0) is 9.47 Å². The van der Waals surface area contributed by atoms with Crippen molar-refractivity contribution in [2.75, 3.05) is 18.5 Å². The van der Waals surface area contributed by atoms with E-state index in [1.54, 1.807) is 12.3 Å². The van der Waals surface area contributed by atoms with Crippen molar-refractivity contribution < 1.29 is 13.9 Å². The van der Waals surface area contributed by atoms with Gasteiger partial charge in [-0.05, 0) is 62.3 Å². The molecule has 1 aromatic rings. The fraction of sp³-hybridized carbons (Fsp3) is 0.696. The molecule has 5 heteroatoms. The first-order chi connectivity index (χ1) is 13.3. The molecule has 0 aromatic carbocycles. The van der Waals surface area contributed by atoms with Crippen LogP contribution in [0.25, 0.3) is 0 Å². The number of ether oxygens (including phenoxy) is 2. The van der Waals surface area contributed by atoms with Crippen LogP contribution in [0.1, 0.15) is 52.9 Å². The number of hydrogen-bond donors (Lipinski definition) is 1. The zero-order chi connectivity index (χ0) is 19.9. The largest absolute Gasteiger partial charge is 0.383 e. The fourth-order valence-corrected chi connectivity index (χ4v) is 6.36. The summed E-state index contributed by atoms with van der Waals surface area (Å²) >= 11 is 0. The van der Waals surface area contributed by atoms with Gasteiger partial charge in [-0.15, -0.1) is 0 Å². The van der Waals surface area contributed by atoms with Crippen molar-refractivity contribution in [1.82, 2.24) is 4.98 Å². The quantitative estimate of drug-likeness (QED) is 0.723. The summed E-state index contributed by atoms with van der Waals surface area (Å²) in [5.41, 5.74) is 2.12. The van der Waals surface area contributed by atoms with Gasteiger partial charge < -0.3 is 14.8 Å². The van der Waals surface area contributed by atoms with Gasteiger partial charge in [0.15, 0.2) is 12.1 Å². The Morgan fingerprint density at radius 3 is 2.93 bits per heavy atom. The van der Waals surface area contributed by atoms with E-state index in [2.05, 4.69) is 30.7 Å². The molecule has 0 bridgehead atoms. The Bertz CT molecular complexity index is 741. The van der Waals surface area contributed by atoms with Crippen LogP contribution < -0.4 is 5.32 Å². The van der Waals surface area contributed by atoms with E-state index < -0.39 is 0 Å². The van der Waals surface area contributed by atoms with E-state index in [-0.39, 0.29) is 29.0 Å². The third-order valence-electron chi connectivity index (χ3n) is 7.82. The third kappa shape index (κ3) is 3.26. The first-order valence-electron chi connectivity index (χ1n) is 10.6. The maximum absolute atomic E-state index is 13.9. The molecule has 0 radical (unpaired) electrons. The lowest BCUT2D eigenvalue weighted by Gasteiger charge is -2.62. The molecule has 3 fully saturated rings. The second-order valence-electron chi connectivity index (χ2n) is 9.43. The Balaban J connectivity index is 1.50. The number of allylic oxidation sites excluding steroid dienone is 1. The minimum absolute atomic E-state index is 0.0586. The van der Waals surface area contributed by atoms with Gasteiger partial charge in [0.2, 0.25) is 0 Å². The molecule has 6 atom stereocenters. The topological polar surface area (TPSA) is 43.4 Å². The fourth-order valence-electron chi connectivity index (χ4n) is 6.36. The summed E-state index contributed by atoms with van der Waals surface area (Å²) in [4.78, 5) is 3.82. The van der Waals surface area contributed by atoms with E-state index in [1.807, 2.05) is 6.92 Å². The molecule has 4 rings (SSSR count). The lowest BCUT2D eigenvalue weighted by Crippen LogP contribution is -2.61. The number of anilines is 1. The molecule has 0 amide bonds. The molecule has 0 spiro atoms. The SMILES string of the molecule is C=C1CCC2[C@]3(C)CO[C@@H](C)O[C@@H]3CC[C@@]2(C)[C@@H]1CCNc1ccncc1F. The van der Waals surface area contributed by atoms with E-state index in [1.165, 1.54) is 11.8 Å². The number of hydrogen-bond acceptors (Lipinski definition) is 4. The van der Waals surface area contributed by atoms with Crippen molar-refractivity contribution in [2.45, 2.75) is 65.3 Å². The van der Waals surface area contributed by atoms with Gasteiger partial charge in [-0.3, -0.25) is 4.98 Å². The number of pyridine rings is 1. The molecule has 1 unspecified atom stereocenters. The molecule has 2 heterocycles. The zero-order valence-corrected chi connectivity index (χ0v) is 17.3. The molecule has 154 valence electrons. The molecule has 28 heavy (non-hydrogen) atoms. The number of halogens is 1. The van der Waals surface area contributed by atoms with E-state index in [0.717, 1.165) is 45.3 Å². The molecule has 3 aliphatic rings. The van der Waals surface area contributed by atoms with Gasteiger partial charge in [-0.2, -0.15) is 0 Å². The Morgan fingerprint density at radius 1 is 1.32 bits per heavy atom. The zero-order valence-electron chi connectivity index (χ0n) is 17.3. The highest BCUT2D eigenvalue weighted by Gasteiger charge is 2.59. The molecule has 2 aliphatic carbocycles. The second kappa shape index (κ2) is 7.42. The Morgan fingerprint density at radius 2 is 2.14 bits per heavy atom. The van der Waals surface area contributed by atoms with Crippen LogP contribution in [0.3, 0.4) is 0 Å². The molecule has 1 saturated heterocycles. The van der Waals surface area contributed by atoms with Crippen molar-refractivity contribution in [3.8, 4) is 0 Å². The Kier molecular flexibility index (Phi) is 5.25. The molecule has 1 aromatic heterocycles. The predicted octanol–water partition coefficient (Wildman–Crippen LogP) is 5.17. The minimum atomic E-state index is -0.298. The van der Waals surface area contributed by atoms with Crippen LogP contribution in [0.5, 0.6) is 0 Å². The highest BCUT2D eigenvalue weighted by molar-refractivity contribution is 5.42. The maximum Gasteiger partial charge on any atom is 0.164 e.